The van der Waals surface area contributed by atoms with Gasteiger partial charge in [-0.2, -0.15) is 0 Å². The Hall–Kier alpha value is -2.47. The standard InChI is InChI=1S/C19H22N4OS/c1-4-15-17(13(3)24)12(2)22-18(15)16-11-25-19(23-16)21-10-8-14-7-5-6-9-20-14/h5-7,9,11,22H,4,8,10H2,1-3H3,(H,21,23). The van der Waals surface area contributed by atoms with Crippen molar-refractivity contribution in [1.29, 1.82) is 0 Å². The number of rotatable bonds is 7. The third kappa shape index (κ3) is 3.79. The molecule has 0 radical (unpaired) electrons. The fourth-order valence-corrected chi connectivity index (χ4v) is 3.77. The Morgan fingerprint density at radius 3 is 2.88 bits per heavy atom. The van der Waals surface area contributed by atoms with Crippen LogP contribution in [0.5, 0.6) is 0 Å². The van der Waals surface area contributed by atoms with Gasteiger partial charge in [0.2, 0.25) is 0 Å². The van der Waals surface area contributed by atoms with E-state index in [0.29, 0.717) is 0 Å². The zero-order valence-corrected chi connectivity index (χ0v) is 15.5. The number of hydrogen-bond donors (Lipinski definition) is 2. The van der Waals surface area contributed by atoms with Gasteiger partial charge in [0.15, 0.2) is 10.9 Å². The molecule has 0 saturated heterocycles. The van der Waals surface area contributed by atoms with E-state index in [2.05, 4.69) is 27.2 Å². The largest absolute Gasteiger partial charge is 0.361 e. The Labute approximate surface area is 151 Å². The normalized spacial score (nSPS) is 10.8. The molecule has 3 aromatic rings. The van der Waals surface area contributed by atoms with Gasteiger partial charge in [0.25, 0.3) is 0 Å². The van der Waals surface area contributed by atoms with Crippen LogP contribution < -0.4 is 5.32 Å². The first-order chi connectivity index (χ1) is 12.1. The molecule has 0 amide bonds. The number of nitrogens with zero attached hydrogens (tertiary/aromatic N) is 2. The molecule has 0 aliphatic rings. The second kappa shape index (κ2) is 7.61. The van der Waals surface area contributed by atoms with Crippen molar-refractivity contribution in [3.05, 3.63) is 52.3 Å². The summed E-state index contributed by atoms with van der Waals surface area (Å²) in [7, 11) is 0. The molecule has 0 bridgehead atoms. The predicted octanol–water partition coefficient (Wildman–Crippen LogP) is 4.26. The molecular weight excluding hydrogens is 332 g/mol. The minimum atomic E-state index is 0.0980. The Morgan fingerprint density at radius 2 is 2.20 bits per heavy atom. The number of H-pyrrole nitrogens is 1. The van der Waals surface area contributed by atoms with Crippen molar-refractivity contribution in [2.45, 2.75) is 33.6 Å². The van der Waals surface area contributed by atoms with Crippen molar-refractivity contribution in [1.82, 2.24) is 15.0 Å². The number of aromatic nitrogens is 3. The van der Waals surface area contributed by atoms with E-state index >= 15 is 0 Å². The quantitative estimate of drug-likeness (QED) is 0.622. The summed E-state index contributed by atoms with van der Waals surface area (Å²) in [5.41, 5.74) is 5.67. The van der Waals surface area contributed by atoms with Crippen LogP contribution in [0.2, 0.25) is 0 Å². The lowest BCUT2D eigenvalue weighted by molar-refractivity contribution is 0.101. The number of nitrogens with one attached hydrogen (secondary N) is 2. The molecule has 3 rings (SSSR count). The molecule has 2 N–H and O–H groups in total. The molecule has 0 saturated carbocycles. The summed E-state index contributed by atoms with van der Waals surface area (Å²) in [6.45, 7) is 6.41. The van der Waals surface area contributed by atoms with Gasteiger partial charge in [0, 0.05) is 41.5 Å². The smallest absolute Gasteiger partial charge is 0.183 e. The fraction of sp³-hybridized carbons (Fsp3) is 0.316. The number of aromatic amines is 1. The number of Topliss-reactive ketones (excluding diaryl/α,β-unsaturated/α-hetero) is 1. The second-order valence-electron chi connectivity index (χ2n) is 5.92. The summed E-state index contributed by atoms with van der Waals surface area (Å²) in [4.78, 5) is 24.3. The third-order valence-electron chi connectivity index (χ3n) is 4.14. The molecule has 0 aromatic carbocycles. The molecular formula is C19H22N4OS. The molecule has 0 atom stereocenters. The van der Waals surface area contributed by atoms with Gasteiger partial charge in [0.1, 0.15) is 5.69 Å². The van der Waals surface area contributed by atoms with Gasteiger partial charge < -0.3 is 10.3 Å². The van der Waals surface area contributed by atoms with Crippen molar-refractivity contribution in [3.63, 3.8) is 0 Å². The maximum absolute atomic E-state index is 11.9. The number of carbonyl (C=O) groups excluding carboxylic acids is 1. The molecule has 3 heterocycles. The van der Waals surface area contributed by atoms with E-state index in [0.717, 1.165) is 58.4 Å². The van der Waals surface area contributed by atoms with Gasteiger partial charge in [-0.25, -0.2) is 4.98 Å². The Bertz CT molecular complexity index is 867. The maximum atomic E-state index is 11.9. The van der Waals surface area contributed by atoms with E-state index in [4.69, 9.17) is 0 Å². The van der Waals surface area contributed by atoms with Crippen molar-refractivity contribution in [3.8, 4) is 11.4 Å². The Morgan fingerprint density at radius 1 is 1.36 bits per heavy atom. The van der Waals surface area contributed by atoms with Crippen molar-refractivity contribution < 1.29 is 4.79 Å². The molecule has 0 unspecified atom stereocenters. The summed E-state index contributed by atoms with van der Waals surface area (Å²) in [6, 6.07) is 5.94. The number of ketones is 1. The summed E-state index contributed by atoms with van der Waals surface area (Å²) >= 11 is 1.57. The minimum absolute atomic E-state index is 0.0980. The van der Waals surface area contributed by atoms with Crippen LogP contribution in [0.3, 0.4) is 0 Å². The number of anilines is 1. The molecule has 130 valence electrons. The van der Waals surface area contributed by atoms with Crippen LogP contribution in [0.15, 0.2) is 29.8 Å². The fourth-order valence-electron chi connectivity index (χ4n) is 3.04. The van der Waals surface area contributed by atoms with Crippen LogP contribution >= 0.6 is 11.3 Å². The first kappa shape index (κ1) is 17.4. The average molecular weight is 354 g/mol. The average Bonchev–Trinajstić information content (AvgIpc) is 3.19. The highest BCUT2D eigenvalue weighted by atomic mass is 32.1. The van der Waals surface area contributed by atoms with Crippen LogP contribution in [-0.2, 0) is 12.8 Å². The zero-order valence-electron chi connectivity index (χ0n) is 14.7. The predicted molar refractivity (Wildman–Crippen MR) is 102 cm³/mol. The van der Waals surface area contributed by atoms with E-state index in [1.54, 1.807) is 18.3 Å². The maximum Gasteiger partial charge on any atom is 0.183 e. The molecule has 3 aromatic heterocycles. The molecule has 0 aliphatic heterocycles. The van der Waals surface area contributed by atoms with E-state index in [1.165, 1.54) is 0 Å². The van der Waals surface area contributed by atoms with Crippen LogP contribution in [0.4, 0.5) is 5.13 Å². The van der Waals surface area contributed by atoms with Gasteiger partial charge in [-0.3, -0.25) is 9.78 Å². The van der Waals surface area contributed by atoms with Gasteiger partial charge >= 0.3 is 0 Å². The van der Waals surface area contributed by atoms with Crippen LogP contribution in [0.25, 0.3) is 11.4 Å². The summed E-state index contributed by atoms with van der Waals surface area (Å²) < 4.78 is 0. The number of aryl methyl sites for hydroxylation is 1. The van der Waals surface area contributed by atoms with E-state index in [-0.39, 0.29) is 5.78 Å². The molecule has 0 fully saturated rings. The highest BCUT2D eigenvalue weighted by Gasteiger charge is 2.19. The number of thiazole rings is 1. The monoisotopic (exact) mass is 354 g/mol. The Kier molecular flexibility index (Phi) is 5.28. The summed E-state index contributed by atoms with van der Waals surface area (Å²) in [5.74, 6) is 0.0980. The molecule has 5 nitrogen and oxygen atoms in total. The van der Waals surface area contributed by atoms with E-state index < -0.39 is 0 Å². The second-order valence-corrected chi connectivity index (χ2v) is 6.78. The van der Waals surface area contributed by atoms with Crippen LogP contribution in [0, 0.1) is 6.92 Å². The first-order valence-electron chi connectivity index (χ1n) is 8.42. The van der Waals surface area contributed by atoms with Crippen LogP contribution in [-0.4, -0.2) is 27.3 Å². The summed E-state index contributed by atoms with van der Waals surface area (Å²) in [6.07, 6.45) is 3.46. The van der Waals surface area contributed by atoms with Gasteiger partial charge in [0.05, 0.1) is 5.69 Å². The van der Waals surface area contributed by atoms with Gasteiger partial charge in [-0.05, 0) is 38.0 Å². The van der Waals surface area contributed by atoms with Crippen LogP contribution in [0.1, 0.15) is 41.2 Å². The number of pyridine rings is 1. The van der Waals surface area contributed by atoms with E-state index in [9.17, 15) is 4.79 Å². The number of carbonyl (C=O) groups is 1. The van der Waals surface area contributed by atoms with Gasteiger partial charge in [-0.1, -0.05) is 13.0 Å². The number of hydrogen-bond acceptors (Lipinski definition) is 5. The molecule has 0 spiro atoms. The summed E-state index contributed by atoms with van der Waals surface area (Å²) in [5, 5.41) is 6.26. The SMILES string of the molecule is CCc1c(-c2csc(NCCc3ccccn3)n2)[nH]c(C)c1C(C)=O. The van der Waals surface area contributed by atoms with Crippen molar-refractivity contribution in [2.75, 3.05) is 11.9 Å². The van der Waals surface area contributed by atoms with Gasteiger partial charge in [-0.15, -0.1) is 11.3 Å². The minimum Gasteiger partial charge on any atom is -0.361 e. The Balaban J connectivity index is 1.73. The van der Waals surface area contributed by atoms with Crippen molar-refractivity contribution in [2.24, 2.45) is 0 Å². The van der Waals surface area contributed by atoms with Crippen molar-refractivity contribution >= 4 is 22.3 Å². The first-order valence-corrected chi connectivity index (χ1v) is 9.30. The topological polar surface area (TPSA) is 70.7 Å². The zero-order chi connectivity index (χ0) is 17.8. The highest BCUT2D eigenvalue weighted by Crippen LogP contribution is 2.31. The lowest BCUT2D eigenvalue weighted by atomic mass is 10.0. The molecule has 6 heteroatoms. The molecule has 0 aliphatic carbocycles. The lowest BCUT2D eigenvalue weighted by Crippen LogP contribution is -2.05. The highest BCUT2D eigenvalue weighted by molar-refractivity contribution is 7.14. The molecule has 25 heavy (non-hydrogen) atoms. The lowest BCUT2D eigenvalue weighted by Gasteiger charge is -2.02. The third-order valence-corrected chi connectivity index (χ3v) is 4.94. The van der Waals surface area contributed by atoms with E-state index in [1.807, 2.05) is 36.7 Å².